The van der Waals surface area contributed by atoms with Crippen molar-refractivity contribution in [3.05, 3.63) is 57.8 Å². The van der Waals surface area contributed by atoms with Gasteiger partial charge in [0, 0.05) is 19.8 Å². The highest BCUT2D eigenvalue weighted by atomic mass is 32.1. The fraction of sp³-hybridized carbons (Fsp3) is 0.350. The molecule has 1 aromatic heterocycles. The van der Waals surface area contributed by atoms with E-state index in [9.17, 15) is 14.4 Å². The molecule has 4 rings (SSSR count). The van der Waals surface area contributed by atoms with Gasteiger partial charge in [-0.25, -0.2) is 0 Å². The molecular formula is C20H18O5S. The van der Waals surface area contributed by atoms with Gasteiger partial charge in [-0.1, -0.05) is 35.9 Å². The van der Waals surface area contributed by atoms with Gasteiger partial charge in [-0.3, -0.25) is 14.4 Å². The van der Waals surface area contributed by atoms with Gasteiger partial charge < -0.3 is 9.47 Å². The van der Waals surface area contributed by atoms with Crippen LogP contribution in [0, 0.1) is 18.3 Å². The summed E-state index contributed by atoms with van der Waals surface area (Å²) in [5.74, 6) is -4.29. The van der Waals surface area contributed by atoms with Crippen LogP contribution in [0.5, 0.6) is 0 Å². The second-order valence-electron chi connectivity index (χ2n) is 7.26. The molecule has 6 heteroatoms. The van der Waals surface area contributed by atoms with Gasteiger partial charge >= 0.3 is 11.9 Å². The third-order valence-electron chi connectivity index (χ3n) is 5.04. The Balaban J connectivity index is 1.80. The highest BCUT2D eigenvalue weighted by Crippen LogP contribution is 2.68. The Morgan fingerprint density at radius 1 is 1.04 bits per heavy atom. The number of hydrogen-bond donors (Lipinski definition) is 0. The van der Waals surface area contributed by atoms with Crippen LogP contribution in [0.2, 0.25) is 0 Å². The predicted molar refractivity (Wildman–Crippen MR) is 94.8 cm³/mol. The highest BCUT2D eigenvalue weighted by molar-refractivity contribution is 7.12. The SMILES string of the molecule is Cc1ccc([C@@H]2[C@@H](C(=O)c3cccs3)C23C(=O)OC(C)(C)OC3=O)cc1. The molecule has 5 nitrogen and oxygen atoms in total. The number of ketones is 1. The number of benzene rings is 1. The number of aryl methyl sites for hydroxylation is 1. The number of rotatable bonds is 3. The van der Waals surface area contributed by atoms with Crippen molar-refractivity contribution in [2.45, 2.75) is 32.5 Å². The van der Waals surface area contributed by atoms with E-state index < -0.39 is 35.0 Å². The molecule has 2 atom stereocenters. The zero-order chi connectivity index (χ0) is 18.7. The lowest BCUT2D eigenvalue weighted by Gasteiger charge is -2.33. The Kier molecular flexibility index (Phi) is 3.60. The summed E-state index contributed by atoms with van der Waals surface area (Å²) in [7, 11) is 0. The average Bonchev–Trinajstić information content (AvgIpc) is 2.95. The van der Waals surface area contributed by atoms with Crippen molar-refractivity contribution in [1.82, 2.24) is 0 Å². The number of ether oxygens (including phenoxy) is 2. The Bertz CT molecular complexity index is 875. The lowest BCUT2D eigenvalue weighted by molar-refractivity contribution is -0.243. The topological polar surface area (TPSA) is 69.7 Å². The van der Waals surface area contributed by atoms with Gasteiger partial charge in [-0.15, -0.1) is 11.3 Å². The van der Waals surface area contributed by atoms with Crippen molar-refractivity contribution in [3.8, 4) is 0 Å². The van der Waals surface area contributed by atoms with Crippen LogP contribution >= 0.6 is 11.3 Å². The van der Waals surface area contributed by atoms with Gasteiger partial charge in [0.2, 0.25) is 0 Å². The van der Waals surface area contributed by atoms with E-state index in [0.29, 0.717) is 4.88 Å². The molecule has 2 aliphatic rings. The molecule has 1 aliphatic heterocycles. The summed E-state index contributed by atoms with van der Waals surface area (Å²) in [6, 6.07) is 11.0. The molecule has 1 saturated heterocycles. The second-order valence-corrected chi connectivity index (χ2v) is 8.20. The molecule has 0 radical (unpaired) electrons. The first-order valence-electron chi connectivity index (χ1n) is 8.38. The smallest absolute Gasteiger partial charge is 0.328 e. The minimum absolute atomic E-state index is 0.223. The van der Waals surface area contributed by atoms with E-state index in [1.54, 1.807) is 17.5 Å². The van der Waals surface area contributed by atoms with Crippen molar-refractivity contribution in [2.24, 2.45) is 11.3 Å². The van der Waals surface area contributed by atoms with E-state index in [1.807, 2.05) is 31.2 Å². The first kappa shape index (κ1) is 17.0. The fourth-order valence-electron chi connectivity index (χ4n) is 3.77. The molecule has 0 unspecified atom stereocenters. The fourth-order valence-corrected chi connectivity index (χ4v) is 4.48. The van der Waals surface area contributed by atoms with Gasteiger partial charge in [-0.05, 0) is 23.9 Å². The Morgan fingerprint density at radius 3 is 2.19 bits per heavy atom. The van der Waals surface area contributed by atoms with E-state index in [4.69, 9.17) is 9.47 Å². The zero-order valence-corrected chi connectivity index (χ0v) is 15.5. The van der Waals surface area contributed by atoms with Gasteiger partial charge in [0.25, 0.3) is 5.79 Å². The molecule has 2 fully saturated rings. The third-order valence-corrected chi connectivity index (χ3v) is 5.93. The van der Waals surface area contributed by atoms with Crippen LogP contribution in [0.1, 0.15) is 40.6 Å². The Labute approximate surface area is 154 Å². The van der Waals surface area contributed by atoms with Crippen molar-refractivity contribution in [1.29, 1.82) is 0 Å². The Morgan fingerprint density at radius 2 is 1.65 bits per heavy atom. The van der Waals surface area contributed by atoms with Crippen LogP contribution in [0.25, 0.3) is 0 Å². The molecule has 2 heterocycles. The van der Waals surface area contributed by atoms with Crippen molar-refractivity contribution < 1.29 is 23.9 Å². The maximum Gasteiger partial charge on any atom is 0.328 e. The number of esters is 2. The first-order valence-corrected chi connectivity index (χ1v) is 9.26. The monoisotopic (exact) mass is 370 g/mol. The van der Waals surface area contributed by atoms with Crippen LogP contribution in [0.3, 0.4) is 0 Å². The first-order chi connectivity index (χ1) is 12.3. The van der Waals surface area contributed by atoms with E-state index >= 15 is 0 Å². The van der Waals surface area contributed by atoms with Gasteiger partial charge in [0.05, 0.1) is 10.8 Å². The molecule has 1 saturated carbocycles. The summed E-state index contributed by atoms with van der Waals surface area (Å²) >= 11 is 1.29. The standard InChI is InChI=1S/C20H18O5S/c1-11-6-8-12(9-7-11)14-15(16(21)13-5-4-10-26-13)20(14)17(22)24-19(2,3)25-18(20)23/h4-10,14-15H,1-3H3/t14-,15+/m1/s1. The summed E-state index contributed by atoms with van der Waals surface area (Å²) in [6.45, 7) is 4.97. The maximum absolute atomic E-state index is 13.0. The van der Waals surface area contributed by atoms with Crippen molar-refractivity contribution in [3.63, 3.8) is 0 Å². The summed E-state index contributed by atoms with van der Waals surface area (Å²) in [4.78, 5) is 39.3. The summed E-state index contributed by atoms with van der Waals surface area (Å²) in [5.41, 5.74) is 0.227. The predicted octanol–water partition coefficient (Wildman–Crippen LogP) is 3.48. The number of Topliss-reactive ketones (excluding diaryl/α,β-unsaturated/α-hetero) is 1. The molecular weight excluding hydrogens is 352 g/mol. The van der Waals surface area contributed by atoms with Gasteiger partial charge in [0.1, 0.15) is 0 Å². The largest absolute Gasteiger partial charge is 0.422 e. The van der Waals surface area contributed by atoms with Crippen molar-refractivity contribution >= 4 is 29.1 Å². The number of carbonyl (C=O) groups is 3. The molecule has 0 N–H and O–H groups in total. The zero-order valence-electron chi connectivity index (χ0n) is 14.6. The number of carbonyl (C=O) groups excluding carboxylic acids is 3. The average molecular weight is 370 g/mol. The lowest BCUT2D eigenvalue weighted by Crippen LogP contribution is -2.49. The van der Waals surface area contributed by atoms with Crippen LogP contribution in [0.15, 0.2) is 41.8 Å². The normalized spacial score (nSPS) is 25.5. The lowest BCUT2D eigenvalue weighted by atomic mass is 9.96. The summed E-state index contributed by atoms with van der Waals surface area (Å²) < 4.78 is 10.7. The van der Waals surface area contributed by atoms with E-state index in [1.165, 1.54) is 25.2 Å². The van der Waals surface area contributed by atoms with E-state index in [-0.39, 0.29) is 5.78 Å². The van der Waals surface area contributed by atoms with Gasteiger partial charge in [0.15, 0.2) is 11.2 Å². The Hall–Kier alpha value is -2.47. The van der Waals surface area contributed by atoms with E-state index in [2.05, 4.69) is 0 Å². The molecule has 1 aliphatic carbocycles. The molecule has 134 valence electrons. The van der Waals surface area contributed by atoms with Crippen LogP contribution in [0.4, 0.5) is 0 Å². The summed E-state index contributed by atoms with van der Waals surface area (Å²) in [5, 5.41) is 1.80. The molecule has 2 aromatic rings. The quantitative estimate of drug-likeness (QED) is 0.470. The van der Waals surface area contributed by atoms with Crippen molar-refractivity contribution in [2.75, 3.05) is 0 Å². The third kappa shape index (κ3) is 2.32. The maximum atomic E-state index is 13.0. The van der Waals surface area contributed by atoms with Crippen LogP contribution in [-0.4, -0.2) is 23.5 Å². The minimum atomic E-state index is -1.59. The highest BCUT2D eigenvalue weighted by Gasteiger charge is 2.81. The minimum Gasteiger partial charge on any atom is -0.422 e. The second kappa shape index (κ2) is 5.51. The molecule has 1 aromatic carbocycles. The number of hydrogen-bond acceptors (Lipinski definition) is 6. The van der Waals surface area contributed by atoms with Gasteiger partial charge in [-0.2, -0.15) is 0 Å². The molecule has 0 amide bonds. The number of thiophene rings is 1. The molecule has 26 heavy (non-hydrogen) atoms. The summed E-state index contributed by atoms with van der Waals surface area (Å²) in [6.07, 6.45) is 0. The van der Waals surface area contributed by atoms with E-state index in [0.717, 1.165) is 11.1 Å². The molecule has 0 bridgehead atoms. The molecule has 1 spiro atoms. The van der Waals surface area contributed by atoms with Crippen LogP contribution < -0.4 is 0 Å². The van der Waals surface area contributed by atoms with Crippen LogP contribution in [-0.2, 0) is 19.1 Å². The number of cyclic esters (lactones) is 2.